The fraction of sp³-hybridized carbons (Fsp3) is 0.625. The van der Waals surface area contributed by atoms with Crippen LogP contribution >= 0.6 is 0 Å². The lowest BCUT2D eigenvalue weighted by molar-refractivity contribution is -0.137. The molecule has 1 N–H and O–H groups in total. The number of hydrogen-bond acceptors (Lipinski definition) is 2. The minimum absolute atomic E-state index is 0.0592. The van der Waals surface area contributed by atoms with Gasteiger partial charge in [-0.15, -0.1) is 0 Å². The van der Waals surface area contributed by atoms with E-state index >= 15 is 0 Å². The number of nitrogens with zero attached hydrogens (tertiary/aromatic N) is 1. The summed E-state index contributed by atoms with van der Waals surface area (Å²) in [5.74, 6) is 0. The first-order chi connectivity index (χ1) is 9.88. The largest absolute Gasteiger partial charge is 0.416 e. The third-order valence-corrected chi connectivity index (χ3v) is 3.73. The Morgan fingerprint density at radius 3 is 2.14 bits per heavy atom. The Labute approximate surface area is 125 Å². The zero-order valence-corrected chi connectivity index (χ0v) is 13.0. The van der Waals surface area contributed by atoms with Crippen molar-refractivity contribution >= 4 is 0 Å². The van der Waals surface area contributed by atoms with Gasteiger partial charge in [-0.3, -0.25) is 0 Å². The molecule has 1 atom stereocenters. The first-order valence-corrected chi connectivity index (χ1v) is 7.51. The number of benzene rings is 1. The van der Waals surface area contributed by atoms with Gasteiger partial charge in [0.2, 0.25) is 0 Å². The number of hydrogen-bond donors (Lipinski definition) is 1. The van der Waals surface area contributed by atoms with Gasteiger partial charge in [-0.05, 0) is 57.2 Å². The van der Waals surface area contributed by atoms with Gasteiger partial charge in [0.05, 0.1) is 5.56 Å². The monoisotopic (exact) mass is 302 g/mol. The van der Waals surface area contributed by atoms with Crippen LogP contribution in [0.4, 0.5) is 13.2 Å². The van der Waals surface area contributed by atoms with Crippen molar-refractivity contribution in [2.45, 2.75) is 39.4 Å². The molecule has 5 heteroatoms. The Balaban J connectivity index is 2.40. The first-order valence-electron chi connectivity index (χ1n) is 7.51. The van der Waals surface area contributed by atoms with Crippen molar-refractivity contribution in [3.8, 4) is 0 Å². The molecule has 0 aliphatic rings. The van der Waals surface area contributed by atoms with E-state index < -0.39 is 11.7 Å². The predicted octanol–water partition coefficient (Wildman–Crippen LogP) is 4.09. The summed E-state index contributed by atoms with van der Waals surface area (Å²) in [4.78, 5) is 2.35. The van der Waals surface area contributed by atoms with Crippen LogP contribution in [0, 0.1) is 0 Å². The molecule has 1 aromatic rings. The number of alkyl halides is 3. The summed E-state index contributed by atoms with van der Waals surface area (Å²) in [5, 5.41) is 3.35. The fourth-order valence-corrected chi connectivity index (χ4v) is 2.24. The number of nitrogens with one attached hydrogen (secondary N) is 1. The maximum absolute atomic E-state index is 12.5. The standard InChI is InChI=1S/C16H25F3N2/c1-4-21(5-2)12-6-11-20-13(3)14-7-9-15(10-8-14)16(17,18)19/h7-10,13,20H,4-6,11-12H2,1-3H3. The van der Waals surface area contributed by atoms with Gasteiger partial charge in [-0.2, -0.15) is 13.2 Å². The topological polar surface area (TPSA) is 15.3 Å². The van der Waals surface area contributed by atoms with Crippen molar-refractivity contribution in [3.05, 3.63) is 35.4 Å². The molecular weight excluding hydrogens is 277 g/mol. The summed E-state index contributed by atoms with van der Waals surface area (Å²) < 4.78 is 37.5. The molecule has 0 amide bonds. The van der Waals surface area contributed by atoms with Gasteiger partial charge in [-0.1, -0.05) is 26.0 Å². The maximum atomic E-state index is 12.5. The molecule has 0 bridgehead atoms. The van der Waals surface area contributed by atoms with Crippen LogP contribution in [-0.2, 0) is 6.18 Å². The van der Waals surface area contributed by atoms with E-state index in [2.05, 4.69) is 24.1 Å². The smallest absolute Gasteiger partial charge is 0.310 e. The lowest BCUT2D eigenvalue weighted by atomic mass is 10.1. The van der Waals surface area contributed by atoms with E-state index in [1.165, 1.54) is 0 Å². The molecule has 0 fully saturated rings. The van der Waals surface area contributed by atoms with Crippen LogP contribution in [0.3, 0.4) is 0 Å². The normalized spacial score (nSPS) is 13.7. The molecule has 0 aliphatic heterocycles. The molecule has 0 spiro atoms. The van der Waals surface area contributed by atoms with Crippen LogP contribution < -0.4 is 5.32 Å². The van der Waals surface area contributed by atoms with E-state index in [9.17, 15) is 13.2 Å². The van der Waals surface area contributed by atoms with E-state index in [1.54, 1.807) is 12.1 Å². The SMILES string of the molecule is CCN(CC)CCCNC(C)c1ccc(C(F)(F)F)cc1. The molecule has 21 heavy (non-hydrogen) atoms. The Bertz CT molecular complexity index is 397. The molecule has 1 unspecified atom stereocenters. The van der Waals surface area contributed by atoms with Gasteiger partial charge >= 0.3 is 6.18 Å². The quantitative estimate of drug-likeness (QED) is 0.728. The molecule has 1 aromatic carbocycles. The van der Waals surface area contributed by atoms with Gasteiger partial charge in [-0.25, -0.2) is 0 Å². The average Bonchev–Trinajstić information content (AvgIpc) is 2.46. The van der Waals surface area contributed by atoms with Gasteiger partial charge in [0.25, 0.3) is 0 Å². The zero-order chi connectivity index (χ0) is 15.9. The third kappa shape index (κ3) is 6.06. The van der Waals surface area contributed by atoms with Crippen molar-refractivity contribution in [1.29, 1.82) is 0 Å². The Morgan fingerprint density at radius 1 is 1.10 bits per heavy atom. The molecule has 0 saturated carbocycles. The third-order valence-electron chi connectivity index (χ3n) is 3.73. The van der Waals surface area contributed by atoms with E-state index in [1.807, 2.05) is 6.92 Å². The average molecular weight is 302 g/mol. The Hall–Kier alpha value is -1.07. The van der Waals surface area contributed by atoms with Crippen molar-refractivity contribution in [2.24, 2.45) is 0 Å². The van der Waals surface area contributed by atoms with Crippen LogP contribution in [-0.4, -0.2) is 31.1 Å². The minimum Gasteiger partial charge on any atom is -0.310 e. The summed E-state index contributed by atoms with van der Waals surface area (Å²) >= 11 is 0. The van der Waals surface area contributed by atoms with Crippen molar-refractivity contribution in [1.82, 2.24) is 10.2 Å². The highest BCUT2D eigenvalue weighted by molar-refractivity contribution is 5.26. The van der Waals surface area contributed by atoms with Gasteiger partial charge in [0.15, 0.2) is 0 Å². The van der Waals surface area contributed by atoms with Gasteiger partial charge in [0.1, 0.15) is 0 Å². The highest BCUT2D eigenvalue weighted by Crippen LogP contribution is 2.29. The van der Waals surface area contributed by atoms with Gasteiger partial charge < -0.3 is 10.2 Å². The Kier molecular flexibility index (Phi) is 7.18. The predicted molar refractivity (Wildman–Crippen MR) is 80.3 cm³/mol. The summed E-state index contributed by atoms with van der Waals surface area (Å²) in [5.41, 5.74) is 0.283. The van der Waals surface area contributed by atoms with Crippen LogP contribution in [0.15, 0.2) is 24.3 Å². The van der Waals surface area contributed by atoms with Crippen LogP contribution in [0.5, 0.6) is 0 Å². The molecule has 120 valence electrons. The molecule has 0 aliphatic carbocycles. The molecule has 2 nitrogen and oxygen atoms in total. The highest BCUT2D eigenvalue weighted by atomic mass is 19.4. The van der Waals surface area contributed by atoms with Gasteiger partial charge in [0, 0.05) is 6.04 Å². The molecule has 1 rings (SSSR count). The summed E-state index contributed by atoms with van der Waals surface area (Å²) in [6.45, 7) is 10.2. The van der Waals surface area contributed by atoms with Crippen molar-refractivity contribution in [3.63, 3.8) is 0 Å². The molecule has 0 saturated heterocycles. The van der Waals surface area contributed by atoms with Crippen molar-refractivity contribution < 1.29 is 13.2 Å². The van der Waals surface area contributed by atoms with Crippen LogP contribution in [0.25, 0.3) is 0 Å². The van der Waals surface area contributed by atoms with Crippen LogP contribution in [0.1, 0.15) is 44.4 Å². The second-order valence-corrected chi connectivity index (χ2v) is 5.18. The lowest BCUT2D eigenvalue weighted by Gasteiger charge is -2.19. The second-order valence-electron chi connectivity index (χ2n) is 5.18. The molecule has 0 radical (unpaired) electrons. The zero-order valence-electron chi connectivity index (χ0n) is 13.0. The first kappa shape index (κ1) is 18.0. The molecule has 0 heterocycles. The van der Waals surface area contributed by atoms with E-state index in [4.69, 9.17) is 0 Å². The summed E-state index contributed by atoms with van der Waals surface area (Å²) in [6, 6.07) is 5.44. The Morgan fingerprint density at radius 2 is 1.67 bits per heavy atom. The van der Waals surface area contributed by atoms with E-state index in [0.29, 0.717) is 0 Å². The van der Waals surface area contributed by atoms with E-state index in [-0.39, 0.29) is 6.04 Å². The summed E-state index contributed by atoms with van der Waals surface area (Å²) in [7, 11) is 0. The second kappa shape index (κ2) is 8.39. The lowest BCUT2D eigenvalue weighted by Crippen LogP contribution is -2.28. The van der Waals surface area contributed by atoms with Crippen molar-refractivity contribution in [2.75, 3.05) is 26.2 Å². The number of halogens is 3. The summed E-state index contributed by atoms with van der Waals surface area (Å²) in [6.07, 6.45) is -3.23. The fourth-order valence-electron chi connectivity index (χ4n) is 2.24. The van der Waals surface area contributed by atoms with E-state index in [0.717, 1.165) is 50.3 Å². The minimum atomic E-state index is -4.26. The maximum Gasteiger partial charge on any atom is 0.416 e. The highest BCUT2D eigenvalue weighted by Gasteiger charge is 2.30. The molecule has 0 aromatic heterocycles. The molecular formula is C16H25F3N2. The number of rotatable bonds is 8. The van der Waals surface area contributed by atoms with Crippen LogP contribution in [0.2, 0.25) is 0 Å².